The number of pyridine rings is 1. The number of hydrogen-bond donors (Lipinski definition) is 0. The predicted octanol–water partition coefficient (Wildman–Crippen LogP) is 5.40. The molecule has 0 N–H and O–H groups in total. The van der Waals surface area contributed by atoms with E-state index in [0.717, 1.165) is 35.0 Å². The van der Waals surface area contributed by atoms with Gasteiger partial charge in [0.1, 0.15) is 5.75 Å². The summed E-state index contributed by atoms with van der Waals surface area (Å²) in [5.74, 6) is 0.465. The fraction of sp³-hybridized carbons (Fsp3) is 0.387. The van der Waals surface area contributed by atoms with E-state index >= 15 is 0 Å². The molecule has 2 saturated heterocycles. The molecule has 2 amide bonds. The van der Waals surface area contributed by atoms with Crippen LogP contribution in [-0.2, 0) is 6.18 Å². The number of aromatic nitrogens is 1. The SMILES string of the molecule is COc1cccc(N2CCN(C(=O)c3ccc(C)nc3C3CCN(C(=O)c4ccc(C(F)(F)F)cc4)CC3)CC2)c1. The first kappa shape index (κ1) is 28.4. The van der Waals surface area contributed by atoms with Gasteiger partial charge in [-0.2, -0.15) is 13.2 Å². The van der Waals surface area contributed by atoms with Crippen molar-refractivity contribution in [3.05, 3.63) is 88.7 Å². The molecule has 0 saturated carbocycles. The van der Waals surface area contributed by atoms with Crippen LogP contribution < -0.4 is 9.64 Å². The zero-order valence-corrected chi connectivity index (χ0v) is 23.2. The second-order valence-electron chi connectivity index (χ2n) is 10.5. The van der Waals surface area contributed by atoms with Gasteiger partial charge in [-0.15, -0.1) is 0 Å². The third-order valence-electron chi connectivity index (χ3n) is 7.91. The number of ether oxygens (including phenoxy) is 1. The van der Waals surface area contributed by atoms with Crippen LogP contribution in [0.2, 0.25) is 0 Å². The Morgan fingerprint density at radius 1 is 0.854 bits per heavy atom. The summed E-state index contributed by atoms with van der Waals surface area (Å²) in [6, 6.07) is 15.9. The highest BCUT2D eigenvalue weighted by Crippen LogP contribution is 2.32. The predicted molar refractivity (Wildman–Crippen MR) is 149 cm³/mol. The Kier molecular flexibility index (Phi) is 8.19. The first-order valence-electron chi connectivity index (χ1n) is 13.8. The molecule has 0 unspecified atom stereocenters. The Morgan fingerprint density at radius 3 is 2.15 bits per heavy atom. The lowest BCUT2D eigenvalue weighted by molar-refractivity contribution is -0.137. The van der Waals surface area contributed by atoms with Gasteiger partial charge in [-0.25, -0.2) is 0 Å². The largest absolute Gasteiger partial charge is 0.497 e. The summed E-state index contributed by atoms with van der Waals surface area (Å²) in [7, 11) is 1.64. The number of carbonyl (C=O) groups is 2. The van der Waals surface area contributed by atoms with Crippen molar-refractivity contribution in [2.45, 2.75) is 31.9 Å². The molecule has 5 rings (SSSR count). The van der Waals surface area contributed by atoms with E-state index in [4.69, 9.17) is 9.72 Å². The van der Waals surface area contributed by atoms with Crippen LogP contribution in [0.3, 0.4) is 0 Å². The first-order chi connectivity index (χ1) is 19.6. The zero-order chi connectivity index (χ0) is 29.1. The summed E-state index contributed by atoms with van der Waals surface area (Å²) in [6.45, 7) is 5.36. The lowest BCUT2D eigenvalue weighted by Crippen LogP contribution is -2.49. The maximum atomic E-state index is 13.7. The standard InChI is InChI=1S/C31H33F3N4O3/c1-21-6-11-27(30(40)38-18-16-36(17-19-38)25-4-3-5-26(20-25)41-2)28(35-21)22-12-14-37(15-13-22)29(39)23-7-9-24(10-8-23)31(32,33)34/h3-11,20,22H,12-19H2,1-2H3. The molecule has 10 heteroatoms. The van der Waals surface area contributed by atoms with Crippen LogP contribution in [0.1, 0.15) is 56.4 Å². The smallest absolute Gasteiger partial charge is 0.416 e. The Bertz CT molecular complexity index is 1390. The average molecular weight is 567 g/mol. The van der Waals surface area contributed by atoms with Gasteiger partial charge in [0.2, 0.25) is 0 Å². The number of rotatable bonds is 5. The van der Waals surface area contributed by atoms with Gasteiger partial charge in [0.05, 0.1) is 23.9 Å². The number of halogens is 3. The summed E-state index contributed by atoms with van der Waals surface area (Å²) < 4.78 is 44.0. The van der Waals surface area contributed by atoms with E-state index < -0.39 is 11.7 Å². The third kappa shape index (κ3) is 6.31. The van der Waals surface area contributed by atoms with E-state index in [1.165, 1.54) is 12.1 Å². The molecule has 0 spiro atoms. The highest BCUT2D eigenvalue weighted by atomic mass is 19.4. The summed E-state index contributed by atoms with van der Waals surface area (Å²) >= 11 is 0. The molecule has 1 aromatic heterocycles. The number of nitrogens with zero attached hydrogens (tertiary/aromatic N) is 4. The van der Waals surface area contributed by atoms with E-state index in [9.17, 15) is 22.8 Å². The molecule has 216 valence electrons. The molecule has 0 radical (unpaired) electrons. The van der Waals surface area contributed by atoms with Crippen LogP contribution in [0.4, 0.5) is 18.9 Å². The molecule has 2 aromatic carbocycles. The summed E-state index contributed by atoms with van der Waals surface area (Å²) in [6.07, 6.45) is -3.21. The van der Waals surface area contributed by atoms with Crippen LogP contribution >= 0.6 is 0 Å². The maximum Gasteiger partial charge on any atom is 0.416 e. The number of piperazine rings is 1. The molecule has 2 aliphatic heterocycles. The summed E-state index contributed by atoms with van der Waals surface area (Å²) in [4.78, 5) is 37.2. The number of aryl methyl sites for hydroxylation is 1. The molecular weight excluding hydrogens is 533 g/mol. The van der Waals surface area contributed by atoms with Crippen molar-refractivity contribution in [3.8, 4) is 5.75 Å². The normalized spacial score (nSPS) is 16.6. The van der Waals surface area contributed by atoms with E-state index in [1.807, 2.05) is 48.2 Å². The van der Waals surface area contributed by atoms with Crippen LogP contribution in [0.25, 0.3) is 0 Å². The number of carbonyl (C=O) groups excluding carboxylic acids is 2. The van der Waals surface area contributed by atoms with Gasteiger partial charge in [0.15, 0.2) is 0 Å². The van der Waals surface area contributed by atoms with Crippen molar-refractivity contribution in [3.63, 3.8) is 0 Å². The van der Waals surface area contributed by atoms with Gasteiger partial charge < -0.3 is 19.4 Å². The van der Waals surface area contributed by atoms with Gasteiger partial charge in [-0.1, -0.05) is 6.07 Å². The fourth-order valence-corrected chi connectivity index (χ4v) is 5.55. The Balaban J connectivity index is 1.23. The minimum atomic E-state index is -4.44. The van der Waals surface area contributed by atoms with Crippen LogP contribution in [0, 0.1) is 6.92 Å². The van der Waals surface area contributed by atoms with E-state index in [1.54, 1.807) is 12.0 Å². The maximum absolute atomic E-state index is 13.7. The number of anilines is 1. The van der Waals surface area contributed by atoms with E-state index in [2.05, 4.69) is 4.90 Å². The van der Waals surface area contributed by atoms with Gasteiger partial charge in [-0.3, -0.25) is 14.6 Å². The number of likely N-dealkylation sites (tertiary alicyclic amines) is 1. The highest BCUT2D eigenvalue weighted by Gasteiger charge is 2.32. The minimum Gasteiger partial charge on any atom is -0.497 e. The van der Waals surface area contributed by atoms with E-state index in [0.29, 0.717) is 57.7 Å². The Morgan fingerprint density at radius 2 is 1.51 bits per heavy atom. The molecule has 0 aliphatic carbocycles. The number of hydrogen-bond acceptors (Lipinski definition) is 5. The monoisotopic (exact) mass is 566 g/mol. The van der Waals surface area contributed by atoms with Crippen molar-refractivity contribution in [1.29, 1.82) is 0 Å². The summed E-state index contributed by atoms with van der Waals surface area (Å²) in [5, 5.41) is 0. The van der Waals surface area contributed by atoms with Crippen molar-refractivity contribution in [2.75, 3.05) is 51.3 Å². The molecular formula is C31H33F3N4O3. The molecule has 7 nitrogen and oxygen atoms in total. The van der Waals surface area contributed by atoms with Crippen LogP contribution in [0.5, 0.6) is 5.75 Å². The van der Waals surface area contributed by atoms with Gasteiger partial charge in [0, 0.05) is 68.2 Å². The molecule has 2 fully saturated rings. The summed E-state index contributed by atoms with van der Waals surface area (Å²) in [5.41, 5.74) is 2.69. The second-order valence-corrected chi connectivity index (χ2v) is 10.5. The number of piperidine rings is 1. The third-order valence-corrected chi connectivity index (χ3v) is 7.91. The van der Waals surface area contributed by atoms with Crippen molar-refractivity contribution in [2.24, 2.45) is 0 Å². The number of benzene rings is 2. The fourth-order valence-electron chi connectivity index (χ4n) is 5.55. The Hall–Kier alpha value is -4.08. The lowest BCUT2D eigenvalue weighted by Gasteiger charge is -2.37. The molecule has 0 atom stereocenters. The lowest BCUT2D eigenvalue weighted by atomic mass is 9.89. The molecule has 3 aromatic rings. The van der Waals surface area contributed by atoms with Gasteiger partial charge in [-0.05, 0) is 68.3 Å². The molecule has 2 aliphatic rings. The van der Waals surface area contributed by atoms with Crippen molar-refractivity contribution < 1.29 is 27.5 Å². The quantitative estimate of drug-likeness (QED) is 0.414. The van der Waals surface area contributed by atoms with Gasteiger partial charge in [0.25, 0.3) is 11.8 Å². The average Bonchev–Trinajstić information content (AvgIpc) is 3.00. The minimum absolute atomic E-state index is 0.00331. The number of methoxy groups -OCH3 is 1. The Labute approximate surface area is 237 Å². The number of alkyl halides is 3. The molecule has 0 bridgehead atoms. The highest BCUT2D eigenvalue weighted by molar-refractivity contribution is 5.96. The topological polar surface area (TPSA) is 66.0 Å². The second kappa shape index (κ2) is 11.8. The van der Waals surface area contributed by atoms with E-state index in [-0.39, 0.29) is 23.3 Å². The van der Waals surface area contributed by atoms with Crippen molar-refractivity contribution in [1.82, 2.24) is 14.8 Å². The zero-order valence-electron chi connectivity index (χ0n) is 23.2. The molecule has 3 heterocycles. The number of amides is 2. The van der Waals surface area contributed by atoms with Crippen LogP contribution in [-0.4, -0.2) is 73.0 Å². The van der Waals surface area contributed by atoms with Gasteiger partial charge >= 0.3 is 6.18 Å². The van der Waals surface area contributed by atoms with Crippen molar-refractivity contribution >= 4 is 17.5 Å². The van der Waals surface area contributed by atoms with Crippen LogP contribution in [0.15, 0.2) is 60.7 Å². The first-order valence-corrected chi connectivity index (χ1v) is 13.8. The molecule has 41 heavy (non-hydrogen) atoms.